The Balaban J connectivity index is 2.06. The SMILES string of the molecule is CN(Cc1cccnc1)C(=O)c1ccc(Br)s1. The van der Waals surface area contributed by atoms with Crippen LogP contribution in [0.2, 0.25) is 0 Å². The van der Waals surface area contributed by atoms with Gasteiger partial charge in [0, 0.05) is 26.0 Å². The van der Waals surface area contributed by atoms with Gasteiger partial charge in [0.05, 0.1) is 8.66 Å². The van der Waals surface area contributed by atoms with Crippen molar-refractivity contribution in [3.05, 3.63) is 50.9 Å². The van der Waals surface area contributed by atoms with E-state index < -0.39 is 0 Å². The molecule has 2 heterocycles. The minimum Gasteiger partial charge on any atom is -0.337 e. The summed E-state index contributed by atoms with van der Waals surface area (Å²) in [7, 11) is 1.79. The van der Waals surface area contributed by atoms with E-state index in [4.69, 9.17) is 0 Å². The number of hydrogen-bond donors (Lipinski definition) is 0. The summed E-state index contributed by atoms with van der Waals surface area (Å²) in [6.07, 6.45) is 3.50. The summed E-state index contributed by atoms with van der Waals surface area (Å²) in [5.41, 5.74) is 1.03. The number of carbonyl (C=O) groups is 1. The standard InChI is InChI=1S/C12H11BrN2OS/c1-15(8-9-3-2-6-14-7-9)12(16)10-4-5-11(13)17-10/h2-7H,8H2,1H3. The van der Waals surface area contributed by atoms with Crippen LogP contribution < -0.4 is 0 Å². The molecular weight excluding hydrogens is 300 g/mol. The van der Waals surface area contributed by atoms with E-state index in [2.05, 4.69) is 20.9 Å². The lowest BCUT2D eigenvalue weighted by atomic mass is 10.2. The molecule has 3 nitrogen and oxygen atoms in total. The second kappa shape index (κ2) is 5.42. The number of carbonyl (C=O) groups excluding carboxylic acids is 1. The lowest BCUT2D eigenvalue weighted by Crippen LogP contribution is -2.25. The van der Waals surface area contributed by atoms with Crippen LogP contribution in [0.25, 0.3) is 0 Å². The van der Waals surface area contributed by atoms with Crippen LogP contribution in [0, 0.1) is 0 Å². The van der Waals surface area contributed by atoms with Crippen LogP contribution in [0.1, 0.15) is 15.2 Å². The molecule has 17 heavy (non-hydrogen) atoms. The smallest absolute Gasteiger partial charge is 0.264 e. The number of amides is 1. The molecule has 0 aliphatic carbocycles. The van der Waals surface area contributed by atoms with Gasteiger partial charge in [0.25, 0.3) is 5.91 Å². The Hall–Kier alpha value is -1.20. The zero-order chi connectivity index (χ0) is 12.3. The first-order valence-corrected chi connectivity index (χ1v) is 6.67. The van der Waals surface area contributed by atoms with E-state index in [-0.39, 0.29) is 5.91 Å². The molecule has 0 radical (unpaired) electrons. The Morgan fingerprint density at radius 2 is 2.29 bits per heavy atom. The Morgan fingerprint density at radius 1 is 1.47 bits per heavy atom. The van der Waals surface area contributed by atoms with Crippen LogP contribution in [0.5, 0.6) is 0 Å². The van der Waals surface area contributed by atoms with E-state index in [1.54, 1.807) is 24.3 Å². The van der Waals surface area contributed by atoms with Crippen molar-refractivity contribution in [2.75, 3.05) is 7.05 Å². The molecule has 2 aromatic heterocycles. The van der Waals surface area contributed by atoms with Gasteiger partial charge in [0.2, 0.25) is 0 Å². The molecule has 0 spiro atoms. The molecule has 0 saturated heterocycles. The van der Waals surface area contributed by atoms with Gasteiger partial charge in [-0.2, -0.15) is 0 Å². The van der Waals surface area contributed by atoms with Gasteiger partial charge in [0.1, 0.15) is 0 Å². The van der Waals surface area contributed by atoms with Gasteiger partial charge in [-0.1, -0.05) is 6.07 Å². The van der Waals surface area contributed by atoms with E-state index >= 15 is 0 Å². The first-order chi connectivity index (χ1) is 8.16. The van der Waals surface area contributed by atoms with Crippen molar-refractivity contribution >= 4 is 33.2 Å². The summed E-state index contributed by atoms with van der Waals surface area (Å²) in [5.74, 6) is 0.0320. The van der Waals surface area contributed by atoms with Crippen molar-refractivity contribution in [2.24, 2.45) is 0 Å². The van der Waals surface area contributed by atoms with E-state index in [1.807, 2.05) is 24.3 Å². The Labute approximate surface area is 112 Å². The number of hydrogen-bond acceptors (Lipinski definition) is 3. The van der Waals surface area contributed by atoms with Crippen LogP contribution in [0.15, 0.2) is 40.4 Å². The number of rotatable bonds is 3. The number of thiophene rings is 1. The molecule has 88 valence electrons. The highest BCUT2D eigenvalue weighted by atomic mass is 79.9. The van der Waals surface area contributed by atoms with Crippen molar-refractivity contribution in [2.45, 2.75) is 6.54 Å². The highest BCUT2D eigenvalue weighted by Crippen LogP contribution is 2.23. The van der Waals surface area contributed by atoms with E-state index in [0.717, 1.165) is 14.2 Å². The van der Waals surface area contributed by atoms with Crippen LogP contribution in [0.3, 0.4) is 0 Å². The first kappa shape index (κ1) is 12.3. The Bertz CT molecular complexity index is 512. The van der Waals surface area contributed by atoms with E-state index in [0.29, 0.717) is 6.54 Å². The second-order valence-electron chi connectivity index (χ2n) is 3.63. The van der Waals surface area contributed by atoms with Gasteiger partial charge in [-0.15, -0.1) is 11.3 Å². The molecule has 0 aliphatic rings. The molecule has 0 N–H and O–H groups in total. The minimum absolute atomic E-state index is 0.0320. The number of nitrogens with zero attached hydrogens (tertiary/aromatic N) is 2. The molecule has 0 fully saturated rings. The first-order valence-electron chi connectivity index (χ1n) is 5.06. The lowest BCUT2D eigenvalue weighted by Gasteiger charge is -2.15. The molecule has 0 atom stereocenters. The zero-order valence-corrected chi connectivity index (χ0v) is 11.7. The molecule has 5 heteroatoms. The normalized spacial score (nSPS) is 10.2. The average Bonchev–Trinajstić information content (AvgIpc) is 2.76. The van der Waals surface area contributed by atoms with Gasteiger partial charge < -0.3 is 4.90 Å². The largest absolute Gasteiger partial charge is 0.337 e. The maximum atomic E-state index is 12.1. The van der Waals surface area contributed by atoms with Gasteiger partial charge in [0.15, 0.2) is 0 Å². The van der Waals surface area contributed by atoms with Gasteiger partial charge in [-0.3, -0.25) is 9.78 Å². The maximum absolute atomic E-state index is 12.1. The number of halogens is 1. The quantitative estimate of drug-likeness (QED) is 0.872. The topological polar surface area (TPSA) is 33.2 Å². The summed E-state index contributed by atoms with van der Waals surface area (Å²) in [6, 6.07) is 7.54. The predicted molar refractivity (Wildman–Crippen MR) is 72.1 cm³/mol. The molecule has 0 aromatic carbocycles. The number of pyridine rings is 1. The molecule has 0 aliphatic heterocycles. The van der Waals surface area contributed by atoms with E-state index in [1.165, 1.54) is 11.3 Å². The molecule has 2 rings (SSSR count). The maximum Gasteiger partial charge on any atom is 0.264 e. The van der Waals surface area contributed by atoms with Crippen molar-refractivity contribution in [3.63, 3.8) is 0 Å². The third kappa shape index (κ3) is 3.14. The van der Waals surface area contributed by atoms with Crippen LogP contribution >= 0.6 is 27.3 Å². The zero-order valence-electron chi connectivity index (χ0n) is 9.26. The summed E-state index contributed by atoms with van der Waals surface area (Å²) in [4.78, 5) is 18.5. The predicted octanol–water partition coefficient (Wildman–Crippen LogP) is 3.18. The van der Waals surface area contributed by atoms with Crippen molar-refractivity contribution in [3.8, 4) is 0 Å². The van der Waals surface area contributed by atoms with Crippen LogP contribution in [0.4, 0.5) is 0 Å². The second-order valence-corrected chi connectivity index (χ2v) is 6.09. The average molecular weight is 311 g/mol. The van der Waals surface area contributed by atoms with E-state index in [9.17, 15) is 4.79 Å². The molecule has 2 aromatic rings. The highest BCUT2D eigenvalue weighted by Gasteiger charge is 2.13. The molecule has 0 unspecified atom stereocenters. The van der Waals surface area contributed by atoms with Gasteiger partial charge in [-0.05, 0) is 39.7 Å². The monoisotopic (exact) mass is 310 g/mol. The summed E-state index contributed by atoms with van der Waals surface area (Å²) < 4.78 is 0.968. The molecule has 0 bridgehead atoms. The van der Waals surface area contributed by atoms with Gasteiger partial charge >= 0.3 is 0 Å². The fourth-order valence-electron chi connectivity index (χ4n) is 1.45. The Kier molecular flexibility index (Phi) is 3.91. The lowest BCUT2D eigenvalue weighted by molar-refractivity contribution is 0.0790. The third-order valence-corrected chi connectivity index (χ3v) is 3.88. The fourth-order valence-corrected chi connectivity index (χ4v) is 2.84. The van der Waals surface area contributed by atoms with Crippen molar-refractivity contribution < 1.29 is 4.79 Å². The van der Waals surface area contributed by atoms with Crippen LogP contribution in [-0.2, 0) is 6.54 Å². The molecular formula is C12H11BrN2OS. The van der Waals surface area contributed by atoms with Crippen molar-refractivity contribution in [1.29, 1.82) is 0 Å². The third-order valence-electron chi connectivity index (χ3n) is 2.27. The molecule has 1 amide bonds. The number of aromatic nitrogens is 1. The fraction of sp³-hybridized carbons (Fsp3) is 0.167. The summed E-state index contributed by atoms with van der Waals surface area (Å²) in [6.45, 7) is 0.572. The summed E-state index contributed by atoms with van der Waals surface area (Å²) >= 11 is 4.80. The molecule has 0 saturated carbocycles. The highest BCUT2D eigenvalue weighted by molar-refractivity contribution is 9.11. The van der Waals surface area contributed by atoms with Crippen molar-refractivity contribution in [1.82, 2.24) is 9.88 Å². The van der Waals surface area contributed by atoms with Crippen LogP contribution in [-0.4, -0.2) is 22.8 Å². The summed E-state index contributed by atoms with van der Waals surface area (Å²) in [5, 5.41) is 0. The Morgan fingerprint density at radius 3 is 2.88 bits per heavy atom. The minimum atomic E-state index is 0.0320. The van der Waals surface area contributed by atoms with Gasteiger partial charge in [-0.25, -0.2) is 0 Å².